The minimum absolute atomic E-state index is 0.00281. The maximum absolute atomic E-state index is 8.91. The molecular weight excluding hydrogens is 268 g/mol. The quantitative estimate of drug-likeness (QED) is 0.600. The molecule has 0 saturated carbocycles. The van der Waals surface area contributed by atoms with Gasteiger partial charge in [-0.2, -0.15) is 0 Å². The number of aliphatic hydroxyl groups is 1. The molecule has 0 fully saturated rings. The largest absolute Gasteiger partial charge is 0.394 e. The van der Waals surface area contributed by atoms with Gasteiger partial charge in [-0.1, -0.05) is 20.8 Å². The van der Waals surface area contributed by atoms with Crippen molar-refractivity contribution in [3.05, 3.63) is 0 Å². The van der Waals surface area contributed by atoms with Crippen LogP contribution in [-0.2, 0) is 14.2 Å². The van der Waals surface area contributed by atoms with E-state index in [1.165, 1.54) is 0 Å². The third-order valence-electron chi connectivity index (χ3n) is 3.56. The predicted octanol–water partition coefficient (Wildman–Crippen LogP) is 3.41. The van der Waals surface area contributed by atoms with Gasteiger partial charge in [-0.25, -0.2) is 0 Å². The number of rotatable bonds is 12. The molecule has 4 nitrogen and oxygen atoms in total. The normalized spacial score (nSPS) is 19.3. The molecule has 0 aromatic carbocycles. The van der Waals surface area contributed by atoms with Gasteiger partial charge in [-0.15, -0.1) is 0 Å². The van der Waals surface area contributed by atoms with Crippen LogP contribution < -0.4 is 0 Å². The smallest absolute Gasteiger partial charge is 0.0788 e. The topological polar surface area (TPSA) is 47.9 Å². The summed E-state index contributed by atoms with van der Waals surface area (Å²) in [5.74, 6) is 0.621. The van der Waals surface area contributed by atoms with Crippen molar-refractivity contribution in [1.29, 1.82) is 0 Å². The summed E-state index contributed by atoms with van der Waals surface area (Å²) in [5.41, 5.74) is -0.0813. The fraction of sp³-hybridized carbons (Fsp3) is 1.00. The highest BCUT2D eigenvalue weighted by molar-refractivity contribution is 4.76. The fourth-order valence-corrected chi connectivity index (χ4v) is 2.36. The van der Waals surface area contributed by atoms with Crippen LogP contribution in [0.1, 0.15) is 61.3 Å². The van der Waals surface area contributed by atoms with E-state index in [2.05, 4.69) is 34.6 Å². The Bertz CT molecular complexity index is 257. The summed E-state index contributed by atoms with van der Waals surface area (Å²) in [7, 11) is 0. The summed E-state index contributed by atoms with van der Waals surface area (Å²) in [6.45, 7) is 15.8. The van der Waals surface area contributed by atoms with Crippen molar-refractivity contribution in [1.82, 2.24) is 0 Å². The van der Waals surface area contributed by atoms with Crippen LogP contribution in [0.15, 0.2) is 0 Å². The van der Waals surface area contributed by atoms with Gasteiger partial charge in [0.15, 0.2) is 0 Å². The molecule has 0 amide bonds. The van der Waals surface area contributed by atoms with Crippen molar-refractivity contribution >= 4 is 0 Å². The van der Waals surface area contributed by atoms with Crippen molar-refractivity contribution in [3.63, 3.8) is 0 Å². The van der Waals surface area contributed by atoms with Crippen LogP contribution in [0, 0.1) is 5.92 Å². The Balaban J connectivity index is 4.04. The number of ether oxygens (including phenoxy) is 3. The number of aliphatic hydroxyl groups excluding tert-OH is 1. The molecule has 0 saturated heterocycles. The van der Waals surface area contributed by atoms with Crippen LogP contribution in [0.3, 0.4) is 0 Å². The van der Waals surface area contributed by atoms with E-state index < -0.39 is 0 Å². The molecule has 0 heterocycles. The molecule has 0 aliphatic carbocycles. The summed E-state index contributed by atoms with van der Waals surface area (Å²) >= 11 is 0. The first kappa shape index (κ1) is 20.8. The van der Waals surface area contributed by atoms with Gasteiger partial charge in [0.2, 0.25) is 0 Å². The molecule has 128 valence electrons. The molecule has 0 rings (SSSR count). The fourth-order valence-electron chi connectivity index (χ4n) is 2.36. The zero-order valence-electron chi connectivity index (χ0n) is 15.0. The molecule has 0 radical (unpaired) electrons. The van der Waals surface area contributed by atoms with Crippen LogP contribution in [0.4, 0.5) is 0 Å². The molecule has 0 spiro atoms. The minimum atomic E-state index is -0.140. The molecule has 4 atom stereocenters. The average Bonchev–Trinajstić information content (AvgIpc) is 2.41. The molecule has 0 bridgehead atoms. The van der Waals surface area contributed by atoms with E-state index in [0.29, 0.717) is 19.1 Å². The van der Waals surface area contributed by atoms with E-state index in [9.17, 15) is 0 Å². The molecule has 4 heteroatoms. The SMILES string of the molecule is CCC(C)(CC(C)C)OC(C)COC(C)COC(C)CO. The van der Waals surface area contributed by atoms with Gasteiger partial charge in [0.1, 0.15) is 0 Å². The Morgan fingerprint density at radius 2 is 1.43 bits per heavy atom. The molecule has 4 unspecified atom stereocenters. The van der Waals surface area contributed by atoms with Crippen LogP contribution >= 0.6 is 0 Å². The molecule has 0 aromatic rings. The third-order valence-corrected chi connectivity index (χ3v) is 3.56. The van der Waals surface area contributed by atoms with Gasteiger partial charge >= 0.3 is 0 Å². The van der Waals surface area contributed by atoms with Gasteiger partial charge in [-0.3, -0.25) is 0 Å². The lowest BCUT2D eigenvalue weighted by Gasteiger charge is -2.34. The Morgan fingerprint density at radius 3 is 1.90 bits per heavy atom. The highest BCUT2D eigenvalue weighted by Crippen LogP contribution is 2.26. The van der Waals surface area contributed by atoms with E-state index in [4.69, 9.17) is 19.3 Å². The Morgan fingerprint density at radius 1 is 0.905 bits per heavy atom. The first-order valence-corrected chi connectivity index (χ1v) is 8.24. The van der Waals surface area contributed by atoms with Crippen LogP contribution in [0.25, 0.3) is 0 Å². The summed E-state index contributed by atoms with van der Waals surface area (Å²) in [6, 6.07) is 0. The summed E-state index contributed by atoms with van der Waals surface area (Å²) in [4.78, 5) is 0. The lowest BCUT2D eigenvalue weighted by atomic mass is 9.91. The summed E-state index contributed by atoms with van der Waals surface area (Å²) < 4.78 is 17.4. The lowest BCUT2D eigenvalue weighted by Crippen LogP contribution is -2.36. The Kier molecular flexibility index (Phi) is 10.5. The van der Waals surface area contributed by atoms with Crippen molar-refractivity contribution in [2.75, 3.05) is 19.8 Å². The van der Waals surface area contributed by atoms with E-state index in [0.717, 1.165) is 12.8 Å². The third kappa shape index (κ3) is 10.2. The van der Waals surface area contributed by atoms with Gasteiger partial charge in [0.25, 0.3) is 0 Å². The molecule has 0 aliphatic heterocycles. The van der Waals surface area contributed by atoms with E-state index in [-0.39, 0.29) is 30.5 Å². The maximum Gasteiger partial charge on any atom is 0.0788 e. The number of hydrogen-bond acceptors (Lipinski definition) is 4. The van der Waals surface area contributed by atoms with Crippen LogP contribution in [0.5, 0.6) is 0 Å². The standard InChI is InChI=1S/C17H36O4/c1-8-17(7,9-13(2)3)21-16(6)12-20-15(5)11-19-14(4)10-18/h13-16,18H,8-12H2,1-7H3. The molecule has 1 N–H and O–H groups in total. The summed E-state index contributed by atoms with van der Waals surface area (Å²) in [5, 5.41) is 8.91. The molecule has 21 heavy (non-hydrogen) atoms. The van der Waals surface area contributed by atoms with Crippen LogP contribution in [0.2, 0.25) is 0 Å². The van der Waals surface area contributed by atoms with Crippen LogP contribution in [-0.4, -0.2) is 48.8 Å². The second kappa shape index (κ2) is 10.5. The monoisotopic (exact) mass is 304 g/mol. The Labute approximate surface area is 131 Å². The van der Waals surface area contributed by atoms with Gasteiger partial charge in [0.05, 0.1) is 43.7 Å². The molecule has 0 aliphatic rings. The molecular formula is C17H36O4. The van der Waals surface area contributed by atoms with Gasteiger partial charge < -0.3 is 19.3 Å². The highest BCUT2D eigenvalue weighted by Gasteiger charge is 2.26. The van der Waals surface area contributed by atoms with Crippen molar-refractivity contribution in [3.8, 4) is 0 Å². The highest BCUT2D eigenvalue weighted by atomic mass is 16.6. The summed E-state index contributed by atoms with van der Waals surface area (Å²) in [6.07, 6.45) is 1.98. The first-order chi connectivity index (χ1) is 9.72. The average molecular weight is 304 g/mol. The zero-order chi connectivity index (χ0) is 16.5. The maximum atomic E-state index is 8.91. The Hall–Kier alpha value is -0.160. The van der Waals surface area contributed by atoms with Crippen molar-refractivity contribution in [2.45, 2.75) is 85.2 Å². The number of hydrogen-bond donors (Lipinski definition) is 1. The second-order valence-electron chi connectivity index (χ2n) is 6.80. The lowest BCUT2D eigenvalue weighted by molar-refractivity contribution is -0.129. The molecule has 0 aromatic heterocycles. The first-order valence-electron chi connectivity index (χ1n) is 8.24. The van der Waals surface area contributed by atoms with Gasteiger partial charge in [-0.05, 0) is 46.5 Å². The van der Waals surface area contributed by atoms with E-state index in [1.807, 2.05) is 13.8 Å². The van der Waals surface area contributed by atoms with Crippen molar-refractivity contribution < 1.29 is 19.3 Å². The van der Waals surface area contributed by atoms with E-state index in [1.54, 1.807) is 0 Å². The van der Waals surface area contributed by atoms with Crippen molar-refractivity contribution in [2.24, 2.45) is 5.92 Å². The van der Waals surface area contributed by atoms with E-state index >= 15 is 0 Å². The van der Waals surface area contributed by atoms with Gasteiger partial charge in [0, 0.05) is 0 Å². The predicted molar refractivity (Wildman–Crippen MR) is 86.6 cm³/mol. The second-order valence-corrected chi connectivity index (χ2v) is 6.80. The minimum Gasteiger partial charge on any atom is -0.394 e. The zero-order valence-corrected chi connectivity index (χ0v) is 15.0.